The standard InChI is InChI=1S/C21H20FN3O4/c1-27-17-11-16(12-18(28-2)20(17)29-3)25-21(26)13-7-8-23-19(9-13)24-15-6-4-5-14(22)10-15/h4-12H,1-3H3,(H,23,24)(H,25,26). The minimum absolute atomic E-state index is 0.357. The van der Waals surface area contributed by atoms with Gasteiger partial charge in [-0.15, -0.1) is 0 Å². The maximum absolute atomic E-state index is 13.3. The molecule has 0 saturated carbocycles. The van der Waals surface area contributed by atoms with E-state index in [1.165, 1.54) is 39.7 Å². The number of nitrogens with one attached hydrogen (secondary N) is 2. The van der Waals surface area contributed by atoms with Crippen molar-refractivity contribution in [3.63, 3.8) is 0 Å². The summed E-state index contributed by atoms with van der Waals surface area (Å²) < 4.78 is 29.2. The van der Waals surface area contributed by atoms with Gasteiger partial charge >= 0.3 is 0 Å². The lowest BCUT2D eigenvalue weighted by atomic mass is 10.2. The summed E-state index contributed by atoms with van der Waals surface area (Å²) in [7, 11) is 4.50. The van der Waals surface area contributed by atoms with E-state index in [2.05, 4.69) is 15.6 Å². The van der Waals surface area contributed by atoms with Crippen LogP contribution in [0.25, 0.3) is 0 Å². The van der Waals surface area contributed by atoms with Crippen molar-refractivity contribution < 1.29 is 23.4 Å². The first-order valence-corrected chi connectivity index (χ1v) is 8.64. The number of pyridine rings is 1. The molecule has 0 spiro atoms. The normalized spacial score (nSPS) is 10.2. The largest absolute Gasteiger partial charge is 0.493 e. The number of carbonyl (C=O) groups is 1. The number of amides is 1. The molecule has 29 heavy (non-hydrogen) atoms. The molecule has 1 amide bonds. The number of hydrogen-bond donors (Lipinski definition) is 2. The van der Waals surface area contributed by atoms with E-state index in [0.717, 1.165) is 0 Å². The van der Waals surface area contributed by atoms with Gasteiger partial charge in [0.1, 0.15) is 11.6 Å². The van der Waals surface area contributed by atoms with Gasteiger partial charge in [-0.2, -0.15) is 0 Å². The van der Waals surface area contributed by atoms with Gasteiger partial charge in [0.2, 0.25) is 5.75 Å². The second-order valence-electron chi connectivity index (χ2n) is 5.93. The SMILES string of the molecule is COc1cc(NC(=O)c2ccnc(Nc3cccc(F)c3)c2)cc(OC)c1OC. The van der Waals surface area contributed by atoms with E-state index in [1.54, 1.807) is 36.4 Å². The number of rotatable bonds is 7. The molecule has 1 heterocycles. The molecule has 0 aliphatic carbocycles. The maximum Gasteiger partial charge on any atom is 0.255 e. The number of anilines is 3. The number of halogens is 1. The highest BCUT2D eigenvalue weighted by atomic mass is 19.1. The van der Waals surface area contributed by atoms with Crippen LogP contribution in [0.15, 0.2) is 54.7 Å². The molecular weight excluding hydrogens is 377 g/mol. The first kappa shape index (κ1) is 19.9. The Morgan fingerprint density at radius 1 is 0.931 bits per heavy atom. The van der Waals surface area contributed by atoms with Gasteiger partial charge in [-0.3, -0.25) is 4.79 Å². The lowest BCUT2D eigenvalue weighted by Crippen LogP contribution is -2.13. The molecule has 0 aliphatic heterocycles. The van der Waals surface area contributed by atoms with Crippen LogP contribution in [0.4, 0.5) is 21.6 Å². The van der Waals surface area contributed by atoms with Gasteiger partial charge in [-0.1, -0.05) is 6.07 Å². The van der Waals surface area contributed by atoms with E-state index in [1.807, 2.05) is 0 Å². The summed E-state index contributed by atoms with van der Waals surface area (Å²) in [5, 5.41) is 5.76. The average molecular weight is 397 g/mol. The topological polar surface area (TPSA) is 81.7 Å². The van der Waals surface area contributed by atoms with Crippen molar-refractivity contribution in [3.8, 4) is 17.2 Å². The molecule has 150 valence electrons. The van der Waals surface area contributed by atoms with Gasteiger partial charge in [-0.05, 0) is 30.3 Å². The molecule has 0 atom stereocenters. The summed E-state index contributed by atoms with van der Waals surface area (Å²) in [6.07, 6.45) is 1.49. The van der Waals surface area contributed by atoms with E-state index < -0.39 is 0 Å². The van der Waals surface area contributed by atoms with E-state index in [0.29, 0.717) is 40.0 Å². The lowest BCUT2D eigenvalue weighted by molar-refractivity contribution is 0.102. The first-order valence-electron chi connectivity index (χ1n) is 8.64. The Morgan fingerprint density at radius 2 is 1.66 bits per heavy atom. The molecule has 7 nitrogen and oxygen atoms in total. The predicted molar refractivity (Wildman–Crippen MR) is 108 cm³/mol. The third-order valence-corrected chi connectivity index (χ3v) is 4.04. The molecule has 0 radical (unpaired) electrons. The van der Waals surface area contributed by atoms with Crippen LogP contribution < -0.4 is 24.8 Å². The number of hydrogen-bond acceptors (Lipinski definition) is 6. The second kappa shape index (κ2) is 8.92. The van der Waals surface area contributed by atoms with E-state index in [9.17, 15) is 9.18 Å². The van der Waals surface area contributed by atoms with Crippen molar-refractivity contribution in [2.45, 2.75) is 0 Å². The molecule has 0 unspecified atom stereocenters. The summed E-state index contributed by atoms with van der Waals surface area (Å²) >= 11 is 0. The van der Waals surface area contributed by atoms with Crippen LogP contribution in [0, 0.1) is 5.82 Å². The molecule has 0 aliphatic rings. The summed E-state index contributed by atoms with van der Waals surface area (Å²) in [4.78, 5) is 16.8. The van der Waals surface area contributed by atoms with Gasteiger partial charge in [0.05, 0.1) is 21.3 Å². The van der Waals surface area contributed by atoms with Crippen LogP contribution >= 0.6 is 0 Å². The quantitative estimate of drug-likeness (QED) is 0.621. The third kappa shape index (κ3) is 4.73. The monoisotopic (exact) mass is 397 g/mol. The van der Waals surface area contributed by atoms with Gasteiger partial charge in [0.25, 0.3) is 5.91 Å². The van der Waals surface area contributed by atoms with Crippen molar-refractivity contribution in [1.82, 2.24) is 4.98 Å². The highest BCUT2D eigenvalue weighted by molar-refractivity contribution is 6.05. The minimum Gasteiger partial charge on any atom is -0.493 e. The molecule has 1 aromatic heterocycles. The van der Waals surface area contributed by atoms with Crippen LogP contribution in [0.2, 0.25) is 0 Å². The van der Waals surface area contributed by atoms with Crippen molar-refractivity contribution >= 4 is 23.1 Å². The van der Waals surface area contributed by atoms with Crippen LogP contribution in [-0.4, -0.2) is 32.2 Å². The number of ether oxygens (including phenoxy) is 3. The van der Waals surface area contributed by atoms with Gasteiger partial charge in [0, 0.05) is 35.3 Å². The van der Waals surface area contributed by atoms with Gasteiger partial charge < -0.3 is 24.8 Å². The van der Waals surface area contributed by atoms with Gasteiger partial charge in [0.15, 0.2) is 11.5 Å². The van der Waals surface area contributed by atoms with E-state index in [4.69, 9.17) is 14.2 Å². The Kier molecular flexibility index (Phi) is 6.13. The van der Waals surface area contributed by atoms with Crippen LogP contribution in [0.3, 0.4) is 0 Å². The first-order chi connectivity index (χ1) is 14.0. The molecule has 2 N–H and O–H groups in total. The zero-order chi connectivity index (χ0) is 20.8. The highest BCUT2D eigenvalue weighted by Gasteiger charge is 2.15. The zero-order valence-corrected chi connectivity index (χ0v) is 16.2. The summed E-state index contributed by atoms with van der Waals surface area (Å²) in [6, 6.07) is 12.4. The predicted octanol–water partition coefficient (Wildman–Crippen LogP) is 4.24. The van der Waals surface area contributed by atoms with E-state index in [-0.39, 0.29) is 11.7 Å². The van der Waals surface area contributed by atoms with Crippen LogP contribution in [0.1, 0.15) is 10.4 Å². The molecule has 3 aromatic rings. The zero-order valence-electron chi connectivity index (χ0n) is 16.2. The molecule has 0 fully saturated rings. The highest BCUT2D eigenvalue weighted by Crippen LogP contribution is 2.40. The summed E-state index contributed by atoms with van der Waals surface area (Å²) in [6.45, 7) is 0. The van der Waals surface area contributed by atoms with Crippen molar-refractivity contribution in [3.05, 3.63) is 66.1 Å². The van der Waals surface area contributed by atoms with Crippen LogP contribution in [0.5, 0.6) is 17.2 Å². The van der Waals surface area contributed by atoms with Crippen molar-refractivity contribution in [1.29, 1.82) is 0 Å². The smallest absolute Gasteiger partial charge is 0.255 e. The fourth-order valence-corrected chi connectivity index (χ4v) is 2.71. The Hall–Kier alpha value is -3.81. The van der Waals surface area contributed by atoms with E-state index >= 15 is 0 Å². The maximum atomic E-state index is 13.3. The minimum atomic E-state index is -0.369. The Labute approximate surface area is 167 Å². The van der Waals surface area contributed by atoms with Gasteiger partial charge in [-0.25, -0.2) is 9.37 Å². The number of methoxy groups -OCH3 is 3. The number of benzene rings is 2. The van der Waals surface area contributed by atoms with Crippen molar-refractivity contribution in [2.75, 3.05) is 32.0 Å². The number of aromatic nitrogens is 1. The summed E-state index contributed by atoms with van der Waals surface area (Å²) in [5.74, 6) is 0.956. The fraction of sp³-hybridized carbons (Fsp3) is 0.143. The Morgan fingerprint density at radius 3 is 2.28 bits per heavy atom. The Bertz CT molecular complexity index is 1000. The molecular formula is C21H20FN3O4. The molecule has 0 saturated heterocycles. The average Bonchev–Trinajstić information content (AvgIpc) is 2.73. The molecule has 8 heteroatoms. The lowest BCUT2D eigenvalue weighted by Gasteiger charge is -2.15. The second-order valence-corrected chi connectivity index (χ2v) is 5.93. The molecule has 2 aromatic carbocycles. The number of carbonyl (C=O) groups excluding carboxylic acids is 1. The number of nitrogens with zero attached hydrogens (tertiary/aromatic N) is 1. The molecule has 3 rings (SSSR count). The molecule has 0 bridgehead atoms. The fourth-order valence-electron chi connectivity index (χ4n) is 2.71. The summed E-state index contributed by atoms with van der Waals surface area (Å²) in [5.41, 5.74) is 1.37. The Balaban J connectivity index is 1.81. The van der Waals surface area contributed by atoms with Crippen molar-refractivity contribution in [2.24, 2.45) is 0 Å². The third-order valence-electron chi connectivity index (χ3n) is 4.04. The van der Waals surface area contributed by atoms with Crippen LogP contribution in [-0.2, 0) is 0 Å².